The maximum absolute atomic E-state index is 11.4. The molecular weight excluding hydrogens is 264 g/mol. The lowest BCUT2D eigenvalue weighted by Gasteiger charge is -2.14. The van der Waals surface area contributed by atoms with Crippen LogP contribution in [0.15, 0.2) is 30.3 Å². The van der Waals surface area contributed by atoms with Gasteiger partial charge < -0.3 is 25.2 Å². The van der Waals surface area contributed by atoms with E-state index in [1.54, 1.807) is 12.1 Å². The Balaban J connectivity index is 2.21. The lowest BCUT2D eigenvalue weighted by atomic mass is 10.3. The van der Waals surface area contributed by atoms with Gasteiger partial charge in [-0.3, -0.25) is 0 Å². The molecule has 0 saturated heterocycles. The van der Waals surface area contributed by atoms with Gasteiger partial charge in [-0.1, -0.05) is 18.2 Å². The number of carboxylic acids is 1. The number of ether oxygens (including phenoxy) is 2. The number of carbonyl (C=O) groups is 2. The molecule has 0 aliphatic heterocycles. The van der Waals surface area contributed by atoms with Gasteiger partial charge in [0.2, 0.25) is 0 Å². The predicted octanol–water partition coefficient (Wildman–Crippen LogP) is 0.464. The van der Waals surface area contributed by atoms with Gasteiger partial charge in [-0.05, 0) is 12.1 Å². The molecule has 1 rings (SSSR count). The first-order valence-electron chi connectivity index (χ1n) is 6.07. The maximum atomic E-state index is 11.4. The summed E-state index contributed by atoms with van der Waals surface area (Å²) in [5, 5.41) is 13.6. The van der Waals surface area contributed by atoms with Crippen molar-refractivity contribution in [1.29, 1.82) is 0 Å². The topological polar surface area (TPSA) is 96.9 Å². The first-order valence-corrected chi connectivity index (χ1v) is 6.07. The van der Waals surface area contributed by atoms with E-state index < -0.39 is 18.0 Å². The molecule has 0 aliphatic carbocycles. The van der Waals surface area contributed by atoms with Crippen molar-refractivity contribution in [1.82, 2.24) is 10.6 Å². The van der Waals surface area contributed by atoms with Crippen LogP contribution in [0.1, 0.15) is 0 Å². The first kappa shape index (κ1) is 15.8. The average Bonchev–Trinajstić information content (AvgIpc) is 2.44. The van der Waals surface area contributed by atoms with Gasteiger partial charge in [-0.15, -0.1) is 0 Å². The Morgan fingerprint density at radius 3 is 2.60 bits per heavy atom. The van der Waals surface area contributed by atoms with Gasteiger partial charge in [-0.2, -0.15) is 0 Å². The molecule has 0 bridgehead atoms. The van der Waals surface area contributed by atoms with E-state index in [4.69, 9.17) is 14.6 Å². The van der Waals surface area contributed by atoms with Gasteiger partial charge in [0, 0.05) is 7.11 Å². The molecule has 1 unspecified atom stereocenters. The lowest BCUT2D eigenvalue weighted by molar-refractivity contribution is -0.140. The second-order valence-electron chi connectivity index (χ2n) is 3.91. The standard InChI is InChI=1S/C13H18N2O5/c1-19-9-11(12(16)17)15-13(18)14-7-8-20-10-5-3-2-4-6-10/h2-6,11H,7-9H2,1H3,(H,16,17)(H2,14,15,18). The molecule has 0 radical (unpaired) electrons. The minimum atomic E-state index is -1.15. The molecule has 1 aromatic carbocycles. The quantitative estimate of drug-likeness (QED) is 0.602. The third-order valence-corrected chi connectivity index (χ3v) is 2.34. The van der Waals surface area contributed by atoms with Crippen LogP contribution < -0.4 is 15.4 Å². The highest BCUT2D eigenvalue weighted by Crippen LogP contribution is 2.07. The van der Waals surface area contributed by atoms with Crippen LogP contribution in [0.5, 0.6) is 5.75 Å². The van der Waals surface area contributed by atoms with Crippen molar-refractivity contribution in [2.75, 3.05) is 26.9 Å². The van der Waals surface area contributed by atoms with E-state index in [0.29, 0.717) is 12.4 Å². The summed E-state index contributed by atoms with van der Waals surface area (Å²) in [6.45, 7) is 0.461. The lowest BCUT2D eigenvalue weighted by Crippen LogP contribution is -2.48. The molecule has 3 N–H and O–H groups in total. The number of methoxy groups -OCH3 is 1. The van der Waals surface area contributed by atoms with E-state index in [2.05, 4.69) is 10.6 Å². The van der Waals surface area contributed by atoms with Crippen LogP contribution in [0.3, 0.4) is 0 Å². The zero-order valence-corrected chi connectivity index (χ0v) is 11.2. The van der Waals surface area contributed by atoms with Crippen LogP contribution in [-0.2, 0) is 9.53 Å². The molecule has 7 heteroatoms. The number of benzene rings is 1. The van der Waals surface area contributed by atoms with Crippen molar-refractivity contribution in [2.45, 2.75) is 6.04 Å². The van der Waals surface area contributed by atoms with E-state index in [-0.39, 0.29) is 13.2 Å². The molecule has 1 aromatic rings. The second-order valence-corrected chi connectivity index (χ2v) is 3.91. The molecular formula is C13H18N2O5. The highest BCUT2D eigenvalue weighted by Gasteiger charge is 2.19. The largest absolute Gasteiger partial charge is 0.492 e. The van der Waals surface area contributed by atoms with Crippen molar-refractivity contribution >= 4 is 12.0 Å². The number of carbonyl (C=O) groups excluding carboxylic acids is 1. The van der Waals surface area contributed by atoms with E-state index in [1.807, 2.05) is 18.2 Å². The molecule has 0 aliphatic rings. The van der Waals surface area contributed by atoms with Crippen LogP contribution >= 0.6 is 0 Å². The van der Waals surface area contributed by atoms with Gasteiger partial charge >= 0.3 is 12.0 Å². The number of hydrogen-bond acceptors (Lipinski definition) is 4. The fourth-order valence-corrected chi connectivity index (χ4v) is 1.40. The molecule has 0 heterocycles. The summed E-state index contributed by atoms with van der Waals surface area (Å²) in [6.07, 6.45) is 0. The number of hydrogen-bond donors (Lipinski definition) is 3. The van der Waals surface area contributed by atoms with Crippen LogP contribution in [0.25, 0.3) is 0 Å². The molecule has 0 aromatic heterocycles. The van der Waals surface area contributed by atoms with Crippen LogP contribution in [0.4, 0.5) is 4.79 Å². The molecule has 110 valence electrons. The SMILES string of the molecule is COCC(NC(=O)NCCOc1ccccc1)C(=O)O. The fraction of sp³-hybridized carbons (Fsp3) is 0.385. The third-order valence-electron chi connectivity index (χ3n) is 2.34. The number of urea groups is 1. The van der Waals surface area contributed by atoms with Crippen molar-refractivity contribution in [3.8, 4) is 5.75 Å². The molecule has 0 saturated carbocycles. The molecule has 0 spiro atoms. The zero-order chi connectivity index (χ0) is 14.8. The van der Waals surface area contributed by atoms with Crippen molar-refractivity contribution in [3.63, 3.8) is 0 Å². The van der Waals surface area contributed by atoms with Crippen molar-refractivity contribution < 1.29 is 24.2 Å². The number of rotatable bonds is 8. The Labute approximate surface area is 116 Å². The summed E-state index contributed by atoms with van der Waals surface area (Å²) in [5.41, 5.74) is 0. The highest BCUT2D eigenvalue weighted by atomic mass is 16.5. The van der Waals surface area contributed by atoms with Gasteiger partial charge in [0.05, 0.1) is 13.2 Å². The summed E-state index contributed by atoms with van der Waals surface area (Å²) in [6, 6.07) is 7.52. The smallest absolute Gasteiger partial charge is 0.328 e. The van der Waals surface area contributed by atoms with Crippen LogP contribution in [0.2, 0.25) is 0 Å². The summed E-state index contributed by atoms with van der Waals surface area (Å²) in [4.78, 5) is 22.2. The van der Waals surface area contributed by atoms with Crippen molar-refractivity contribution in [2.24, 2.45) is 0 Å². The van der Waals surface area contributed by atoms with Gasteiger partial charge in [0.1, 0.15) is 12.4 Å². The van der Waals surface area contributed by atoms with Gasteiger partial charge in [-0.25, -0.2) is 9.59 Å². The Kier molecular flexibility index (Phi) is 6.91. The fourth-order valence-electron chi connectivity index (χ4n) is 1.40. The third kappa shape index (κ3) is 6.05. The normalized spacial score (nSPS) is 11.4. The first-order chi connectivity index (χ1) is 9.63. The Morgan fingerprint density at radius 2 is 2.00 bits per heavy atom. The Morgan fingerprint density at radius 1 is 1.30 bits per heavy atom. The second kappa shape index (κ2) is 8.76. The van der Waals surface area contributed by atoms with E-state index >= 15 is 0 Å². The minimum Gasteiger partial charge on any atom is -0.492 e. The molecule has 2 amide bonds. The molecule has 20 heavy (non-hydrogen) atoms. The van der Waals surface area contributed by atoms with Gasteiger partial charge in [0.25, 0.3) is 0 Å². The minimum absolute atomic E-state index is 0.0940. The van der Waals surface area contributed by atoms with E-state index in [1.165, 1.54) is 7.11 Å². The molecule has 0 fully saturated rings. The average molecular weight is 282 g/mol. The van der Waals surface area contributed by atoms with E-state index in [9.17, 15) is 9.59 Å². The summed E-state index contributed by atoms with van der Waals surface area (Å²) < 4.78 is 10.1. The van der Waals surface area contributed by atoms with Crippen LogP contribution in [-0.4, -0.2) is 50.0 Å². The Hall–Kier alpha value is -2.28. The van der Waals surface area contributed by atoms with Crippen molar-refractivity contribution in [3.05, 3.63) is 30.3 Å². The maximum Gasteiger partial charge on any atom is 0.328 e. The number of para-hydroxylation sites is 1. The summed E-state index contributed by atoms with van der Waals surface area (Å²) in [7, 11) is 1.36. The number of carboxylic acid groups (broad SMARTS) is 1. The van der Waals surface area contributed by atoms with Crippen LogP contribution in [0, 0.1) is 0 Å². The number of amides is 2. The molecule has 1 atom stereocenters. The highest BCUT2D eigenvalue weighted by molar-refractivity contribution is 5.82. The number of aliphatic carboxylic acids is 1. The molecule has 7 nitrogen and oxygen atoms in total. The monoisotopic (exact) mass is 282 g/mol. The zero-order valence-electron chi connectivity index (χ0n) is 11.2. The predicted molar refractivity (Wildman–Crippen MR) is 71.8 cm³/mol. The number of nitrogens with one attached hydrogen (secondary N) is 2. The van der Waals surface area contributed by atoms with Gasteiger partial charge in [0.15, 0.2) is 6.04 Å². The summed E-state index contributed by atoms with van der Waals surface area (Å²) in [5.74, 6) is -0.444. The van der Waals surface area contributed by atoms with E-state index in [0.717, 1.165) is 0 Å². The summed E-state index contributed by atoms with van der Waals surface area (Å²) >= 11 is 0. The Bertz CT molecular complexity index is 424.